The van der Waals surface area contributed by atoms with Gasteiger partial charge in [-0.25, -0.2) is 0 Å². The van der Waals surface area contributed by atoms with E-state index >= 15 is 0 Å². The van der Waals surface area contributed by atoms with Crippen LogP contribution in [0.5, 0.6) is 5.75 Å². The number of benzene rings is 1. The largest absolute Gasteiger partial charge is 0.487 e. The van der Waals surface area contributed by atoms with E-state index in [1.165, 1.54) is 19.3 Å². The summed E-state index contributed by atoms with van der Waals surface area (Å²) in [7, 11) is 0. The molecule has 1 aliphatic carbocycles. The number of nitrogens with two attached hydrogens (primary N) is 1. The van der Waals surface area contributed by atoms with Crippen LogP contribution in [0.1, 0.15) is 57.6 Å². The first-order valence-electron chi connectivity index (χ1n) is 6.64. The molecule has 1 aliphatic rings. The lowest BCUT2D eigenvalue weighted by molar-refractivity contribution is 0.0475. The summed E-state index contributed by atoms with van der Waals surface area (Å²) in [5.74, 6) is 0.965. The molecule has 17 heavy (non-hydrogen) atoms. The highest BCUT2D eigenvalue weighted by Crippen LogP contribution is 2.35. The summed E-state index contributed by atoms with van der Waals surface area (Å²) in [6.07, 6.45) is 6.20. The SMILES string of the molecule is CC(N)c1ccccc1OC1(C)CCCCC1. The molecule has 2 heteroatoms. The van der Waals surface area contributed by atoms with Crippen LogP contribution >= 0.6 is 0 Å². The predicted octanol–water partition coefficient (Wildman–Crippen LogP) is 3.81. The Balaban J connectivity index is 2.17. The second-order valence-corrected chi connectivity index (χ2v) is 5.44. The minimum atomic E-state index is 0.00322. The topological polar surface area (TPSA) is 35.2 Å². The zero-order valence-corrected chi connectivity index (χ0v) is 10.9. The molecule has 0 saturated heterocycles. The van der Waals surface area contributed by atoms with Gasteiger partial charge in [-0.15, -0.1) is 0 Å². The Morgan fingerprint density at radius 2 is 1.82 bits per heavy atom. The molecule has 94 valence electrons. The lowest BCUT2D eigenvalue weighted by Crippen LogP contribution is -2.35. The first kappa shape index (κ1) is 12.4. The van der Waals surface area contributed by atoms with Crippen molar-refractivity contribution < 1.29 is 4.74 Å². The Kier molecular flexibility index (Phi) is 3.72. The van der Waals surface area contributed by atoms with Crippen LogP contribution in [-0.4, -0.2) is 5.60 Å². The van der Waals surface area contributed by atoms with E-state index < -0.39 is 0 Å². The van der Waals surface area contributed by atoms with Gasteiger partial charge in [-0.1, -0.05) is 24.6 Å². The van der Waals surface area contributed by atoms with Crippen LogP contribution in [0.4, 0.5) is 0 Å². The third-order valence-corrected chi connectivity index (χ3v) is 3.68. The van der Waals surface area contributed by atoms with Crippen LogP contribution in [0, 0.1) is 0 Å². The van der Waals surface area contributed by atoms with Crippen LogP contribution in [0.25, 0.3) is 0 Å². The van der Waals surface area contributed by atoms with Crippen LogP contribution < -0.4 is 10.5 Å². The van der Waals surface area contributed by atoms with Crippen LogP contribution in [0.2, 0.25) is 0 Å². The molecular weight excluding hydrogens is 210 g/mol. The van der Waals surface area contributed by atoms with Crippen molar-refractivity contribution in [1.82, 2.24) is 0 Å². The molecule has 0 amide bonds. The van der Waals surface area contributed by atoms with Crippen LogP contribution in [0.3, 0.4) is 0 Å². The maximum Gasteiger partial charge on any atom is 0.124 e. The Bertz CT molecular complexity index is 367. The molecule has 1 atom stereocenters. The minimum absolute atomic E-state index is 0.00322. The lowest BCUT2D eigenvalue weighted by Gasteiger charge is -2.35. The third-order valence-electron chi connectivity index (χ3n) is 3.68. The molecule has 1 unspecified atom stereocenters. The first-order valence-corrected chi connectivity index (χ1v) is 6.64. The summed E-state index contributed by atoms with van der Waals surface area (Å²) in [5.41, 5.74) is 7.10. The highest BCUT2D eigenvalue weighted by Gasteiger charge is 2.29. The molecule has 2 N–H and O–H groups in total. The molecule has 0 aliphatic heterocycles. The van der Waals surface area contributed by atoms with Crippen molar-refractivity contribution in [2.24, 2.45) is 5.73 Å². The summed E-state index contributed by atoms with van der Waals surface area (Å²) >= 11 is 0. The van der Waals surface area contributed by atoms with Crippen molar-refractivity contribution in [2.75, 3.05) is 0 Å². The molecule has 1 aromatic carbocycles. The summed E-state index contributed by atoms with van der Waals surface area (Å²) in [6, 6.07) is 8.17. The van der Waals surface area contributed by atoms with E-state index in [0.717, 1.165) is 24.2 Å². The van der Waals surface area contributed by atoms with Gasteiger partial charge in [0.1, 0.15) is 11.4 Å². The summed E-state index contributed by atoms with van der Waals surface area (Å²) in [4.78, 5) is 0. The van der Waals surface area contributed by atoms with Gasteiger partial charge in [0.15, 0.2) is 0 Å². The van der Waals surface area contributed by atoms with Gasteiger partial charge in [-0.2, -0.15) is 0 Å². The van der Waals surface area contributed by atoms with Gasteiger partial charge in [-0.3, -0.25) is 0 Å². The van der Waals surface area contributed by atoms with Crippen molar-refractivity contribution in [3.05, 3.63) is 29.8 Å². The lowest BCUT2D eigenvalue weighted by atomic mass is 9.86. The van der Waals surface area contributed by atoms with Gasteiger partial charge in [0, 0.05) is 11.6 Å². The minimum Gasteiger partial charge on any atom is -0.487 e. The second-order valence-electron chi connectivity index (χ2n) is 5.44. The van der Waals surface area contributed by atoms with Crippen molar-refractivity contribution in [3.63, 3.8) is 0 Å². The van der Waals surface area contributed by atoms with E-state index in [9.17, 15) is 0 Å². The maximum absolute atomic E-state index is 6.26. The van der Waals surface area contributed by atoms with E-state index in [1.54, 1.807) is 0 Å². The molecule has 2 rings (SSSR count). The van der Waals surface area contributed by atoms with Crippen LogP contribution in [-0.2, 0) is 0 Å². The highest BCUT2D eigenvalue weighted by molar-refractivity contribution is 5.35. The number of rotatable bonds is 3. The normalized spacial score (nSPS) is 20.9. The fraction of sp³-hybridized carbons (Fsp3) is 0.600. The Hall–Kier alpha value is -1.02. The molecule has 0 bridgehead atoms. The standard InChI is InChI=1S/C15H23NO/c1-12(16)13-8-4-5-9-14(13)17-15(2)10-6-3-7-11-15/h4-5,8-9,12H,3,6-7,10-11,16H2,1-2H3. The van der Waals surface area contributed by atoms with Crippen molar-refractivity contribution in [2.45, 2.75) is 57.6 Å². The molecule has 1 saturated carbocycles. The van der Waals surface area contributed by atoms with Gasteiger partial charge in [0.2, 0.25) is 0 Å². The highest BCUT2D eigenvalue weighted by atomic mass is 16.5. The monoisotopic (exact) mass is 233 g/mol. The molecule has 0 radical (unpaired) electrons. The Morgan fingerprint density at radius 3 is 2.47 bits per heavy atom. The average Bonchev–Trinajstić information content (AvgIpc) is 2.29. The van der Waals surface area contributed by atoms with E-state index in [4.69, 9.17) is 10.5 Å². The van der Waals surface area contributed by atoms with Crippen molar-refractivity contribution in [1.29, 1.82) is 0 Å². The molecule has 1 fully saturated rings. The zero-order valence-electron chi connectivity index (χ0n) is 10.9. The number of para-hydroxylation sites is 1. The Morgan fingerprint density at radius 1 is 1.18 bits per heavy atom. The fourth-order valence-electron chi connectivity index (χ4n) is 2.62. The zero-order chi connectivity index (χ0) is 12.3. The van der Waals surface area contributed by atoms with E-state index in [2.05, 4.69) is 13.0 Å². The van der Waals surface area contributed by atoms with Gasteiger partial charge >= 0.3 is 0 Å². The second kappa shape index (κ2) is 5.09. The fourth-order valence-corrected chi connectivity index (χ4v) is 2.62. The molecule has 1 aromatic rings. The van der Waals surface area contributed by atoms with Crippen molar-refractivity contribution in [3.8, 4) is 5.75 Å². The average molecular weight is 233 g/mol. The quantitative estimate of drug-likeness (QED) is 0.861. The molecule has 0 heterocycles. The van der Waals surface area contributed by atoms with Gasteiger partial charge < -0.3 is 10.5 Å². The van der Waals surface area contributed by atoms with Gasteiger partial charge in [-0.05, 0) is 45.6 Å². The maximum atomic E-state index is 6.26. The van der Waals surface area contributed by atoms with E-state index in [-0.39, 0.29) is 11.6 Å². The summed E-state index contributed by atoms with van der Waals surface area (Å²) < 4.78 is 6.26. The molecule has 0 spiro atoms. The smallest absolute Gasteiger partial charge is 0.124 e. The first-order chi connectivity index (χ1) is 8.11. The predicted molar refractivity (Wildman–Crippen MR) is 71.2 cm³/mol. The van der Waals surface area contributed by atoms with Gasteiger partial charge in [0.25, 0.3) is 0 Å². The van der Waals surface area contributed by atoms with E-state index in [0.29, 0.717) is 0 Å². The molecular formula is C15H23NO. The number of hydrogen-bond acceptors (Lipinski definition) is 2. The van der Waals surface area contributed by atoms with Gasteiger partial charge in [0.05, 0.1) is 0 Å². The number of hydrogen-bond donors (Lipinski definition) is 1. The van der Waals surface area contributed by atoms with Crippen LogP contribution in [0.15, 0.2) is 24.3 Å². The van der Waals surface area contributed by atoms with Crippen molar-refractivity contribution >= 4 is 0 Å². The molecule has 0 aromatic heterocycles. The Labute approximate surface area is 104 Å². The molecule has 2 nitrogen and oxygen atoms in total. The number of ether oxygens (including phenoxy) is 1. The third kappa shape index (κ3) is 3.01. The van der Waals surface area contributed by atoms with E-state index in [1.807, 2.05) is 25.1 Å². The summed E-state index contributed by atoms with van der Waals surface area (Å²) in [5, 5.41) is 0. The summed E-state index contributed by atoms with van der Waals surface area (Å²) in [6.45, 7) is 4.23.